The lowest BCUT2D eigenvalue weighted by Gasteiger charge is -2.28. The highest BCUT2D eigenvalue weighted by Crippen LogP contribution is 2.29. The van der Waals surface area contributed by atoms with Crippen molar-refractivity contribution < 1.29 is 9.50 Å². The third-order valence-electron chi connectivity index (χ3n) is 2.88. The van der Waals surface area contributed by atoms with Gasteiger partial charge < -0.3 is 10.0 Å². The Morgan fingerprint density at radius 1 is 1.47 bits per heavy atom. The molecule has 1 unspecified atom stereocenters. The summed E-state index contributed by atoms with van der Waals surface area (Å²) >= 11 is 0. The molecule has 0 saturated carbocycles. The van der Waals surface area contributed by atoms with Crippen molar-refractivity contribution in [3.8, 4) is 6.07 Å². The number of nitriles is 1. The van der Waals surface area contributed by atoms with Crippen molar-refractivity contribution >= 4 is 5.69 Å². The minimum Gasteiger partial charge on any atom is -0.389 e. The van der Waals surface area contributed by atoms with Crippen molar-refractivity contribution in [2.45, 2.75) is 32.4 Å². The van der Waals surface area contributed by atoms with E-state index in [4.69, 9.17) is 5.26 Å². The van der Waals surface area contributed by atoms with Crippen LogP contribution in [-0.2, 0) is 0 Å². The molecule has 0 bridgehead atoms. The molecule has 1 N–H and O–H groups in total. The Balaban J connectivity index is 3.13. The summed E-state index contributed by atoms with van der Waals surface area (Å²) in [7, 11) is 1.79. The van der Waals surface area contributed by atoms with Gasteiger partial charge in [0.05, 0.1) is 18.6 Å². The van der Waals surface area contributed by atoms with E-state index in [1.54, 1.807) is 19.2 Å². The predicted octanol–water partition coefficient (Wildman–Crippen LogP) is 2.62. The molecule has 0 saturated heterocycles. The largest absolute Gasteiger partial charge is 0.389 e. The summed E-state index contributed by atoms with van der Waals surface area (Å²) in [5, 5.41) is 18.3. The molecule has 4 heteroatoms. The fourth-order valence-corrected chi connectivity index (χ4v) is 1.75. The molecule has 0 amide bonds. The Hall–Kier alpha value is -1.60. The van der Waals surface area contributed by atoms with Crippen LogP contribution in [0.15, 0.2) is 18.2 Å². The first-order chi connectivity index (χ1) is 7.99. The lowest BCUT2D eigenvalue weighted by Crippen LogP contribution is -2.29. The van der Waals surface area contributed by atoms with Gasteiger partial charge in [0, 0.05) is 24.3 Å². The number of anilines is 1. The molecule has 0 aliphatic rings. The van der Waals surface area contributed by atoms with Crippen LogP contribution in [0.5, 0.6) is 0 Å². The Kier molecular flexibility index (Phi) is 4.47. The third-order valence-corrected chi connectivity index (χ3v) is 2.88. The van der Waals surface area contributed by atoms with Gasteiger partial charge in [-0.15, -0.1) is 0 Å². The summed E-state index contributed by atoms with van der Waals surface area (Å²) < 4.78 is 13.7. The van der Waals surface area contributed by atoms with Gasteiger partial charge in [-0.2, -0.15) is 5.26 Å². The molecule has 0 spiro atoms. The second-order valence-electron chi connectivity index (χ2n) is 4.17. The third kappa shape index (κ3) is 2.95. The van der Waals surface area contributed by atoms with Crippen molar-refractivity contribution in [3.63, 3.8) is 0 Å². The molecule has 0 aliphatic carbocycles. The van der Waals surface area contributed by atoms with Gasteiger partial charge in [-0.1, -0.05) is 6.07 Å². The number of rotatable bonds is 4. The van der Waals surface area contributed by atoms with E-state index < -0.39 is 11.9 Å². The molecule has 0 heterocycles. The van der Waals surface area contributed by atoms with Crippen LogP contribution in [0.2, 0.25) is 0 Å². The van der Waals surface area contributed by atoms with E-state index in [-0.39, 0.29) is 11.6 Å². The number of hydrogen-bond donors (Lipinski definition) is 1. The molecular weight excluding hydrogens is 219 g/mol. The SMILES string of the molecule is CC(CC#N)N(C)c1cccc(F)c1[C@@H](C)O. The Morgan fingerprint density at radius 3 is 2.65 bits per heavy atom. The van der Waals surface area contributed by atoms with E-state index in [0.717, 1.165) is 0 Å². The molecule has 1 rings (SSSR count). The van der Waals surface area contributed by atoms with Gasteiger partial charge >= 0.3 is 0 Å². The average molecular weight is 236 g/mol. The van der Waals surface area contributed by atoms with E-state index >= 15 is 0 Å². The quantitative estimate of drug-likeness (QED) is 0.874. The monoisotopic (exact) mass is 236 g/mol. The molecule has 1 aromatic carbocycles. The van der Waals surface area contributed by atoms with Crippen LogP contribution >= 0.6 is 0 Å². The van der Waals surface area contributed by atoms with Gasteiger partial charge in [0.1, 0.15) is 5.82 Å². The fourth-order valence-electron chi connectivity index (χ4n) is 1.75. The smallest absolute Gasteiger partial charge is 0.131 e. The van der Waals surface area contributed by atoms with Crippen LogP contribution in [0, 0.1) is 17.1 Å². The summed E-state index contributed by atoms with van der Waals surface area (Å²) in [5.74, 6) is -0.423. The van der Waals surface area contributed by atoms with Crippen LogP contribution in [0.4, 0.5) is 10.1 Å². The van der Waals surface area contributed by atoms with Crippen molar-refractivity contribution in [1.29, 1.82) is 5.26 Å². The van der Waals surface area contributed by atoms with Crippen LogP contribution in [0.25, 0.3) is 0 Å². The topological polar surface area (TPSA) is 47.3 Å². The molecule has 0 aliphatic heterocycles. The predicted molar refractivity (Wildman–Crippen MR) is 65.1 cm³/mol. The van der Waals surface area contributed by atoms with Crippen LogP contribution in [0.3, 0.4) is 0 Å². The minimum atomic E-state index is -0.872. The Labute approximate surface area is 101 Å². The number of hydrogen-bond acceptors (Lipinski definition) is 3. The van der Waals surface area contributed by atoms with E-state index in [9.17, 15) is 9.50 Å². The highest BCUT2D eigenvalue weighted by Gasteiger charge is 2.19. The van der Waals surface area contributed by atoms with E-state index in [1.807, 2.05) is 11.8 Å². The molecule has 2 atom stereocenters. The average Bonchev–Trinajstić information content (AvgIpc) is 2.27. The zero-order valence-electron chi connectivity index (χ0n) is 10.3. The zero-order valence-corrected chi connectivity index (χ0v) is 10.3. The summed E-state index contributed by atoms with van der Waals surface area (Å²) in [6.45, 7) is 3.42. The van der Waals surface area contributed by atoms with E-state index in [2.05, 4.69) is 6.07 Å². The van der Waals surface area contributed by atoms with Gasteiger partial charge in [0.2, 0.25) is 0 Å². The highest BCUT2D eigenvalue weighted by atomic mass is 19.1. The van der Waals surface area contributed by atoms with Crippen molar-refractivity contribution in [2.24, 2.45) is 0 Å². The maximum Gasteiger partial charge on any atom is 0.131 e. The summed E-state index contributed by atoms with van der Waals surface area (Å²) in [5.41, 5.74) is 0.905. The number of benzene rings is 1. The molecular formula is C13H17FN2O. The summed E-state index contributed by atoms with van der Waals surface area (Å²) in [4.78, 5) is 1.81. The Bertz CT molecular complexity index is 426. The molecule has 92 valence electrons. The zero-order chi connectivity index (χ0) is 13.0. The standard InChI is InChI=1S/C13H17FN2O/c1-9(7-8-15)16(3)12-6-4-5-11(14)13(12)10(2)17/h4-6,9-10,17H,7H2,1-3H3/t9?,10-/m1/s1. The molecule has 17 heavy (non-hydrogen) atoms. The first-order valence-corrected chi connectivity index (χ1v) is 5.55. The lowest BCUT2D eigenvalue weighted by molar-refractivity contribution is 0.194. The van der Waals surface area contributed by atoms with Crippen LogP contribution < -0.4 is 4.90 Å². The van der Waals surface area contributed by atoms with Gasteiger partial charge in [0.15, 0.2) is 0 Å². The number of halogens is 1. The maximum atomic E-state index is 13.7. The molecule has 0 fully saturated rings. The number of nitrogens with zero attached hydrogens (tertiary/aromatic N) is 2. The molecule has 0 aromatic heterocycles. The minimum absolute atomic E-state index is 0.0284. The Morgan fingerprint density at radius 2 is 2.12 bits per heavy atom. The van der Waals surface area contributed by atoms with Crippen molar-refractivity contribution in [3.05, 3.63) is 29.6 Å². The van der Waals surface area contributed by atoms with E-state index in [0.29, 0.717) is 12.1 Å². The fraction of sp³-hybridized carbons (Fsp3) is 0.462. The van der Waals surface area contributed by atoms with E-state index in [1.165, 1.54) is 13.0 Å². The highest BCUT2D eigenvalue weighted by molar-refractivity contribution is 5.55. The number of aliphatic hydroxyl groups is 1. The first kappa shape index (κ1) is 13.5. The van der Waals surface area contributed by atoms with Gasteiger partial charge in [-0.05, 0) is 26.0 Å². The van der Waals surface area contributed by atoms with Crippen LogP contribution in [0.1, 0.15) is 31.9 Å². The van der Waals surface area contributed by atoms with Gasteiger partial charge in [-0.3, -0.25) is 0 Å². The van der Waals surface area contributed by atoms with Gasteiger partial charge in [0.25, 0.3) is 0 Å². The van der Waals surface area contributed by atoms with Crippen molar-refractivity contribution in [1.82, 2.24) is 0 Å². The summed E-state index contributed by atoms with van der Waals surface area (Å²) in [6, 6.07) is 6.74. The number of aliphatic hydroxyl groups excluding tert-OH is 1. The molecule has 0 radical (unpaired) electrons. The molecule has 3 nitrogen and oxygen atoms in total. The molecule has 1 aromatic rings. The second kappa shape index (κ2) is 5.65. The first-order valence-electron chi connectivity index (χ1n) is 5.55. The lowest BCUT2D eigenvalue weighted by atomic mass is 10.1. The normalized spacial score (nSPS) is 13.9. The maximum absolute atomic E-state index is 13.7. The van der Waals surface area contributed by atoms with Gasteiger partial charge in [-0.25, -0.2) is 4.39 Å². The summed E-state index contributed by atoms with van der Waals surface area (Å²) in [6.07, 6.45) is -0.519. The van der Waals surface area contributed by atoms with Crippen molar-refractivity contribution in [2.75, 3.05) is 11.9 Å². The second-order valence-corrected chi connectivity index (χ2v) is 4.17. The van der Waals surface area contributed by atoms with Crippen LogP contribution in [-0.4, -0.2) is 18.2 Å².